The molecule has 0 fully saturated rings. The molecule has 0 aliphatic carbocycles. The molecule has 5 nitrogen and oxygen atoms in total. The second-order valence-electron chi connectivity index (χ2n) is 3.27. The number of hydrogen-bond donors (Lipinski definition) is 2. The fraction of sp³-hybridized carbons (Fsp3) is 0.400. The Kier molecular flexibility index (Phi) is 2.82. The lowest BCUT2D eigenvalue weighted by atomic mass is 10.2. The molecule has 0 saturated carbocycles. The van der Waals surface area contributed by atoms with Crippen LogP contribution >= 0.6 is 0 Å². The molecule has 2 aromatic rings. The minimum Gasteiger partial charge on any atom is -0.347 e. The van der Waals surface area contributed by atoms with E-state index in [0.29, 0.717) is 0 Å². The zero-order valence-electron chi connectivity index (χ0n) is 8.94. The SMILES string of the molecule is CCn1ccnc1C(NC)c1ncc[nH]1. The molecular weight excluding hydrogens is 190 g/mol. The van der Waals surface area contributed by atoms with Crippen molar-refractivity contribution in [2.45, 2.75) is 19.5 Å². The lowest BCUT2D eigenvalue weighted by Crippen LogP contribution is -2.22. The van der Waals surface area contributed by atoms with Crippen LogP contribution < -0.4 is 5.32 Å². The fourth-order valence-electron chi connectivity index (χ4n) is 1.67. The van der Waals surface area contributed by atoms with Crippen LogP contribution in [0.3, 0.4) is 0 Å². The zero-order valence-corrected chi connectivity index (χ0v) is 8.94. The summed E-state index contributed by atoms with van der Waals surface area (Å²) in [6, 6.07) is 0.0231. The van der Waals surface area contributed by atoms with Gasteiger partial charge in [-0.15, -0.1) is 0 Å². The number of nitrogens with zero attached hydrogens (tertiary/aromatic N) is 3. The Bertz CT molecular complexity index is 403. The Morgan fingerprint density at radius 1 is 1.47 bits per heavy atom. The van der Waals surface area contributed by atoms with Gasteiger partial charge in [-0.1, -0.05) is 0 Å². The molecule has 80 valence electrons. The summed E-state index contributed by atoms with van der Waals surface area (Å²) in [7, 11) is 1.90. The number of rotatable bonds is 4. The Morgan fingerprint density at radius 3 is 2.93 bits per heavy atom. The monoisotopic (exact) mass is 205 g/mol. The van der Waals surface area contributed by atoms with Crippen LogP contribution in [0.5, 0.6) is 0 Å². The molecule has 0 bridgehead atoms. The van der Waals surface area contributed by atoms with Crippen LogP contribution in [0.25, 0.3) is 0 Å². The first-order valence-electron chi connectivity index (χ1n) is 5.04. The number of nitrogens with one attached hydrogen (secondary N) is 2. The summed E-state index contributed by atoms with van der Waals surface area (Å²) in [5.74, 6) is 1.87. The molecule has 0 aliphatic heterocycles. The van der Waals surface area contributed by atoms with E-state index in [2.05, 4.69) is 31.8 Å². The first-order valence-corrected chi connectivity index (χ1v) is 5.04. The fourth-order valence-corrected chi connectivity index (χ4v) is 1.67. The highest BCUT2D eigenvalue weighted by Gasteiger charge is 2.18. The van der Waals surface area contributed by atoms with E-state index in [0.717, 1.165) is 18.2 Å². The van der Waals surface area contributed by atoms with Crippen LogP contribution in [0.1, 0.15) is 24.6 Å². The van der Waals surface area contributed by atoms with Crippen molar-refractivity contribution >= 4 is 0 Å². The number of imidazole rings is 2. The van der Waals surface area contributed by atoms with Gasteiger partial charge in [0.25, 0.3) is 0 Å². The number of aromatic amines is 1. The van der Waals surface area contributed by atoms with Crippen molar-refractivity contribution in [3.05, 3.63) is 36.4 Å². The summed E-state index contributed by atoms with van der Waals surface area (Å²) in [4.78, 5) is 11.7. The molecule has 0 radical (unpaired) electrons. The molecule has 5 heteroatoms. The maximum absolute atomic E-state index is 4.35. The molecule has 2 heterocycles. The largest absolute Gasteiger partial charge is 0.347 e. The Labute approximate surface area is 88.6 Å². The van der Waals surface area contributed by atoms with E-state index < -0.39 is 0 Å². The third kappa shape index (κ3) is 1.78. The third-order valence-corrected chi connectivity index (χ3v) is 2.43. The van der Waals surface area contributed by atoms with Gasteiger partial charge in [-0.2, -0.15) is 0 Å². The minimum atomic E-state index is 0.0231. The van der Waals surface area contributed by atoms with Crippen LogP contribution in [-0.2, 0) is 6.54 Å². The van der Waals surface area contributed by atoms with Crippen LogP contribution in [-0.4, -0.2) is 26.6 Å². The molecule has 0 saturated heterocycles. The number of H-pyrrole nitrogens is 1. The number of hydrogen-bond acceptors (Lipinski definition) is 3. The Balaban J connectivity index is 2.35. The predicted octanol–water partition coefficient (Wildman–Crippen LogP) is 0.935. The van der Waals surface area contributed by atoms with E-state index in [1.807, 2.05) is 25.6 Å². The first-order chi connectivity index (χ1) is 7.36. The van der Waals surface area contributed by atoms with Gasteiger partial charge >= 0.3 is 0 Å². The van der Waals surface area contributed by atoms with Crippen molar-refractivity contribution in [2.75, 3.05) is 7.05 Å². The minimum absolute atomic E-state index is 0.0231. The smallest absolute Gasteiger partial charge is 0.133 e. The van der Waals surface area contributed by atoms with Gasteiger partial charge < -0.3 is 14.9 Å². The van der Waals surface area contributed by atoms with Crippen molar-refractivity contribution < 1.29 is 0 Å². The highest BCUT2D eigenvalue weighted by molar-refractivity contribution is 5.11. The summed E-state index contributed by atoms with van der Waals surface area (Å²) in [6.45, 7) is 3.01. The van der Waals surface area contributed by atoms with E-state index >= 15 is 0 Å². The molecule has 2 aromatic heterocycles. The molecule has 1 atom stereocenters. The number of aromatic nitrogens is 4. The lowest BCUT2D eigenvalue weighted by molar-refractivity contribution is 0.570. The van der Waals surface area contributed by atoms with E-state index in [9.17, 15) is 0 Å². The van der Waals surface area contributed by atoms with Gasteiger partial charge in [-0.05, 0) is 14.0 Å². The molecule has 0 aromatic carbocycles. The van der Waals surface area contributed by atoms with Gasteiger partial charge in [0.05, 0.1) is 0 Å². The van der Waals surface area contributed by atoms with Crippen LogP contribution in [0.2, 0.25) is 0 Å². The lowest BCUT2D eigenvalue weighted by Gasteiger charge is -2.14. The van der Waals surface area contributed by atoms with Crippen LogP contribution in [0.15, 0.2) is 24.8 Å². The van der Waals surface area contributed by atoms with E-state index in [1.54, 1.807) is 6.20 Å². The molecular formula is C10H15N5. The average molecular weight is 205 g/mol. The number of aryl methyl sites for hydroxylation is 1. The predicted molar refractivity (Wildman–Crippen MR) is 57.4 cm³/mol. The van der Waals surface area contributed by atoms with Gasteiger partial charge in [0.1, 0.15) is 17.7 Å². The average Bonchev–Trinajstić information content (AvgIpc) is 2.89. The van der Waals surface area contributed by atoms with Crippen LogP contribution in [0, 0.1) is 0 Å². The van der Waals surface area contributed by atoms with Crippen molar-refractivity contribution in [1.82, 2.24) is 24.8 Å². The highest BCUT2D eigenvalue weighted by atomic mass is 15.1. The van der Waals surface area contributed by atoms with Gasteiger partial charge in [0, 0.05) is 31.3 Å². The first kappa shape index (κ1) is 9.92. The Hall–Kier alpha value is -1.62. The maximum atomic E-state index is 4.35. The van der Waals surface area contributed by atoms with Gasteiger partial charge in [-0.25, -0.2) is 9.97 Å². The van der Waals surface area contributed by atoms with E-state index in [1.165, 1.54) is 0 Å². The Morgan fingerprint density at radius 2 is 2.33 bits per heavy atom. The zero-order chi connectivity index (χ0) is 10.7. The second kappa shape index (κ2) is 4.27. The summed E-state index contributed by atoms with van der Waals surface area (Å²) in [5.41, 5.74) is 0. The normalized spacial score (nSPS) is 12.9. The van der Waals surface area contributed by atoms with E-state index in [-0.39, 0.29) is 6.04 Å². The molecule has 2 rings (SSSR count). The van der Waals surface area contributed by atoms with Crippen molar-refractivity contribution in [2.24, 2.45) is 0 Å². The molecule has 0 amide bonds. The quantitative estimate of drug-likeness (QED) is 0.780. The molecule has 2 N–H and O–H groups in total. The maximum Gasteiger partial charge on any atom is 0.133 e. The summed E-state index contributed by atoms with van der Waals surface area (Å²) >= 11 is 0. The topological polar surface area (TPSA) is 58.5 Å². The second-order valence-corrected chi connectivity index (χ2v) is 3.27. The van der Waals surface area contributed by atoms with Crippen molar-refractivity contribution in [1.29, 1.82) is 0 Å². The highest BCUT2D eigenvalue weighted by Crippen LogP contribution is 2.16. The standard InChI is InChI=1S/C10H15N5/c1-3-15-7-6-14-10(15)8(11-2)9-12-4-5-13-9/h4-8,11H,3H2,1-2H3,(H,12,13). The van der Waals surface area contributed by atoms with E-state index in [4.69, 9.17) is 0 Å². The van der Waals surface area contributed by atoms with Crippen molar-refractivity contribution in [3.63, 3.8) is 0 Å². The summed E-state index contributed by atoms with van der Waals surface area (Å²) < 4.78 is 2.10. The summed E-state index contributed by atoms with van der Waals surface area (Å²) in [6.07, 6.45) is 7.35. The molecule has 1 unspecified atom stereocenters. The molecule has 0 aliphatic rings. The van der Waals surface area contributed by atoms with Crippen molar-refractivity contribution in [3.8, 4) is 0 Å². The van der Waals surface area contributed by atoms with Gasteiger partial charge in [0.15, 0.2) is 0 Å². The molecule has 0 spiro atoms. The summed E-state index contributed by atoms with van der Waals surface area (Å²) in [5, 5.41) is 3.20. The third-order valence-electron chi connectivity index (χ3n) is 2.43. The van der Waals surface area contributed by atoms with Crippen LogP contribution in [0.4, 0.5) is 0 Å². The van der Waals surface area contributed by atoms with Gasteiger partial charge in [-0.3, -0.25) is 0 Å². The molecule has 15 heavy (non-hydrogen) atoms. The van der Waals surface area contributed by atoms with Gasteiger partial charge in [0.2, 0.25) is 0 Å².